The SMILES string of the molecule is CCCCNC(=O)C(C)N(Cc1ccc(Cl)cc1Cl)C(=O)CN(c1ccc(F)c(Cl)c1)S(C)(=O)=O. The largest absolute Gasteiger partial charge is 0.354 e. The fraction of sp³-hybridized carbons (Fsp3) is 0.391. The number of nitrogens with one attached hydrogen (secondary N) is 1. The molecule has 0 fully saturated rings. The molecule has 0 aromatic heterocycles. The summed E-state index contributed by atoms with van der Waals surface area (Å²) in [5.74, 6) is -1.79. The number of hydrogen-bond acceptors (Lipinski definition) is 4. The standard InChI is InChI=1S/C23H27Cl3FN3O4S/c1-4-5-10-28-23(32)15(2)29(13-16-6-7-17(24)11-19(16)25)22(31)14-30(35(3,33)34)18-8-9-21(27)20(26)12-18/h6-9,11-12,15H,4-5,10,13-14H2,1-3H3,(H,28,32). The molecule has 7 nitrogen and oxygen atoms in total. The number of sulfonamides is 1. The molecule has 0 saturated carbocycles. The van der Waals surface area contributed by atoms with Crippen molar-refractivity contribution in [2.75, 3.05) is 23.7 Å². The Labute approximate surface area is 220 Å². The molecule has 12 heteroatoms. The molecule has 2 rings (SSSR count). The summed E-state index contributed by atoms with van der Waals surface area (Å²) in [6.45, 7) is 3.25. The highest BCUT2D eigenvalue weighted by molar-refractivity contribution is 7.92. The molecule has 0 radical (unpaired) electrons. The number of nitrogens with zero attached hydrogens (tertiary/aromatic N) is 2. The average molecular weight is 567 g/mol. The van der Waals surface area contributed by atoms with Crippen molar-refractivity contribution in [2.24, 2.45) is 0 Å². The summed E-state index contributed by atoms with van der Waals surface area (Å²) >= 11 is 18.1. The van der Waals surface area contributed by atoms with E-state index < -0.39 is 40.2 Å². The number of amides is 2. The molecule has 1 atom stereocenters. The van der Waals surface area contributed by atoms with Crippen molar-refractivity contribution in [3.05, 3.63) is 62.8 Å². The molecule has 2 aromatic carbocycles. The molecule has 0 aliphatic rings. The highest BCUT2D eigenvalue weighted by atomic mass is 35.5. The minimum atomic E-state index is -3.97. The van der Waals surface area contributed by atoms with Crippen LogP contribution in [0.1, 0.15) is 32.3 Å². The molecule has 2 amide bonds. The first kappa shape index (κ1) is 29.2. The highest BCUT2D eigenvalue weighted by Gasteiger charge is 2.30. The Balaban J connectivity index is 2.40. The molecule has 192 valence electrons. The Kier molecular flexibility index (Phi) is 10.6. The van der Waals surface area contributed by atoms with Gasteiger partial charge in [0.2, 0.25) is 21.8 Å². The van der Waals surface area contributed by atoms with E-state index in [-0.39, 0.29) is 17.3 Å². The van der Waals surface area contributed by atoms with E-state index in [9.17, 15) is 22.4 Å². The van der Waals surface area contributed by atoms with Gasteiger partial charge in [0.25, 0.3) is 0 Å². The van der Waals surface area contributed by atoms with E-state index in [1.54, 1.807) is 19.1 Å². The van der Waals surface area contributed by atoms with Gasteiger partial charge in [-0.25, -0.2) is 12.8 Å². The van der Waals surface area contributed by atoms with Crippen molar-refractivity contribution in [1.29, 1.82) is 0 Å². The first-order valence-corrected chi connectivity index (χ1v) is 13.8. The van der Waals surface area contributed by atoms with Crippen LogP contribution in [0.25, 0.3) is 0 Å². The topological polar surface area (TPSA) is 86.8 Å². The normalized spacial score (nSPS) is 12.2. The van der Waals surface area contributed by atoms with Crippen LogP contribution >= 0.6 is 34.8 Å². The number of benzene rings is 2. The van der Waals surface area contributed by atoms with Crippen LogP contribution in [0.2, 0.25) is 15.1 Å². The van der Waals surface area contributed by atoms with Gasteiger partial charge in [0, 0.05) is 23.1 Å². The van der Waals surface area contributed by atoms with E-state index in [2.05, 4.69) is 5.32 Å². The molecule has 0 aliphatic heterocycles. The van der Waals surface area contributed by atoms with Gasteiger partial charge in [0.15, 0.2) is 0 Å². The third kappa shape index (κ3) is 8.24. The van der Waals surface area contributed by atoms with Crippen LogP contribution in [-0.2, 0) is 26.2 Å². The molecule has 1 unspecified atom stereocenters. The van der Waals surface area contributed by atoms with Gasteiger partial charge in [-0.3, -0.25) is 13.9 Å². The zero-order valence-electron chi connectivity index (χ0n) is 19.5. The van der Waals surface area contributed by atoms with E-state index in [0.717, 1.165) is 35.5 Å². The number of rotatable bonds is 11. The van der Waals surface area contributed by atoms with Gasteiger partial charge in [-0.1, -0.05) is 54.2 Å². The Morgan fingerprint density at radius 2 is 1.77 bits per heavy atom. The molecule has 0 saturated heterocycles. The van der Waals surface area contributed by atoms with Crippen LogP contribution < -0.4 is 9.62 Å². The Morgan fingerprint density at radius 1 is 1.09 bits per heavy atom. The van der Waals surface area contributed by atoms with Crippen LogP contribution in [0.3, 0.4) is 0 Å². The van der Waals surface area contributed by atoms with Crippen molar-refractivity contribution in [1.82, 2.24) is 10.2 Å². The fourth-order valence-corrected chi connectivity index (χ4v) is 4.69. The number of anilines is 1. The second-order valence-corrected chi connectivity index (χ2v) is 11.1. The predicted octanol–water partition coefficient (Wildman–Crippen LogP) is 4.89. The maximum absolute atomic E-state index is 13.6. The van der Waals surface area contributed by atoms with Crippen molar-refractivity contribution in [2.45, 2.75) is 39.3 Å². The monoisotopic (exact) mass is 565 g/mol. The zero-order chi connectivity index (χ0) is 26.3. The molecular weight excluding hydrogens is 540 g/mol. The lowest BCUT2D eigenvalue weighted by Gasteiger charge is -2.31. The molecule has 0 bridgehead atoms. The van der Waals surface area contributed by atoms with Crippen molar-refractivity contribution < 1.29 is 22.4 Å². The maximum Gasteiger partial charge on any atom is 0.244 e. The minimum absolute atomic E-state index is 0.0109. The lowest BCUT2D eigenvalue weighted by atomic mass is 10.1. The molecule has 0 spiro atoms. The molecular formula is C23H27Cl3FN3O4S. The summed E-state index contributed by atoms with van der Waals surface area (Å²) in [5.41, 5.74) is 0.533. The van der Waals surface area contributed by atoms with E-state index in [1.807, 2.05) is 6.92 Å². The lowest BCUT2D eigenvalue weighted by molar-refractivity contribution is -0.139. The third-order valence-corrected chi connectivity index (χ3v) is 7.24. The summed E-state index contributed by atoms with van der Waals surface area (Å²) in [6, 6.07) is 7.13. The number of carbonyl (C=O) groups is 2. The number of unbranched alkanes of at least 4 members (excludes halogenated alkanes) is 1. The van der Waals surface area contributed by atoms with Gasteiger partial charge in [-0.15, -0.1) is 0 Å². The van der Waals surface area contributed by atoms with E-state index >= 15 is 0 Å². The van der Waals surface area contributed by atoms with Crippen molar-refractivity contribution in [3.63, 3.8) is 0 Å². The van der Waals surface area contributed by atoms with Gasteiger partial charge in [-0.2, -0.15) is 0 Å². The van der Waals surface area contributed by atoms with Gasteiger partial charge in [-0.05, 0) is 49.2 Å². The first-order chi connectivity index (χ1) is 16.3. The van der Waals surface area contributed by atoms with Gasteiger partial charge in [0.1, 0.15) is 18.4 Å². The highest BCUT2D eigenvalue weighted by Crippen LogP contribution is 2.26. The molecule has 0 heterocycles. The van der Waals surface area contributed by atoms with E-state index in [4.69, 9.17) is 34.8 Å². The summed E-state index contributed by atoms with van der Waals surface area (Å²) in [5, 5.41) is 3.18. The fourth-order valence-electron chi connectivity index (χ4n) is 3.21. The first-order valence-electron chi connectivity index (χ1n) is 10.8. The zero-order valence-corrected chi connectivity index (χ0v) is 22.6. The van der Waals surface area contributed by atoms with E-state index in [1.165, 1.54) is 17.0 Å². The van der Waals surface area contributed by atoms with Crippen molar-refractivity contribution >= 4 is 62.3 Å². The number of hydrogen-bond donors (Lipinski definition) is 1. The third-order valence-electron chi connectivity index (χ3n) is 5.22. The summed E-state index contributed by atoms with van der Waals surface area (Å²) < 4.78 is 39.5. The van der Waals surface area contributed by atoms with Crippen molar-refractivity contribution in [3.8, 4) is 0 Å². The van der Waals surface area contributed by atoms with Gasteiger partial charge in [0.05, 0.1) is 17.0 Å². The Hall–Kier alpha value is -2.07. The summed E-state index contributed by atoms with van der Waals surface area (Å²) in [6.07, 6.45) is 2.56. The van der Waals surface area contributed by atoms with Gasteiger partial charge >= 0.3 is 0 Å². The Morgan fingerprint density at radius 3 is 2.34 bits per heavy atom. The van der Waals surface area contributed by atoms with E-state index in [0.29, 0.717) is 22.2 Å². The average Bonchev–Trinajstić information content (AvgIpc) is 2.77. The molecule has 2 aromatic rings. The molecule has 35 heavy (non-hydrogen) atoms. The number of halogens is 4. The second-order valence-electron chi connectivity index (χ2n) is 7.95. The summed E-state index contributed by atoms with van der Waals surface area (Å²) in [7, 11) is -3.97. The molecule has 0 aliphatic carbocycles. The maximum atomic E-state index is 13.6. The quantitative estimate of drug-likeness (QED) is 0.393. The predicted molar refractivity (Wildman–Crippen MR) is 138 cm³/mol. The van der Waals surface area contributed by atoms with Gasteiger partial charge < -0.3 is 10.2 Å². The molecule has 1 N–H and O–H groups in total. The Bertz CT molecular complexity index is 1180. The van der Waals surface area contributed by atoms with Crippen LogP contribution in [0.5, 0.6) is 0 Å². The minimum Gasteiger partial charge on any atom is -0.354 e. The lowest BCUT2D eigenvalue weighted by Crippen LogP contribution is -2.51. The second kappa shape index (κ2) is 12.8. The summed E-state index contributed by atoms with van der Waals surface area (Å²) in [4.78, 5) is 27.5. The van der Waals surface area contributed by atoms with Crippen LogP contribution in [0.15, 0.2) is 36.4 Å². The smallest absolute Gasteiger partial charge is 0.244 e. The van der Waals surface area contributed by atoms with Crippen LogP contribution in [0.4, 0.5) is 10.1 Å². The number of carbonyl (C=O) groups excluding carboxylic acids is 2. The van der Waals surface area contributed by atoms with Crippen LogP contribution in [0, 0.1) is 5.82 Å². The van der Waals surface area contributed by atoms with Crippen LogP contribution in [-0.4, -0.2) is 50.5 Å².